The molecule has 2 atom stereocenters. The average Bonchev–Trinajstić information content (AvgIpc) is 2.90. The molecule has 0 aromatic heterocycles. The number of carbonyl (C=O) groups is 1. The Morgan fingerprint density at radius 2 is 1.90 bits per heavy atom. The SMILES string of the molecule is NS(=O)(=O)N1CCN(C(=O)[C@@]23CCCC[C@H]2CNC3)CC1. The number of hydrogen-bond acceptors (Lipinski definition) is 4. The molecule has 1 amide bonds. The molecule has 7 nitrogen and oxygen atoms in total. The normalized spacial score (nSPS) is 34.7. The topological polar surface area (TPSA) is 95.7 Å². The minimum Gasteiger partial charge on any atom is -0.340 e. The van der Waals surface area contributed by atoms with E-state index in [0.29, 0.717) is 32.1 Å². The monoisotopic (exact) mass is 316 g/mol. The van der Waals surface area contributed by atoms with Crippen LogP contribution >= 0.6 is 0 Å². The van der Waals surface area contributed by atoms with Gasteiger partial charge in [-0.05, 0) is 25.3 Å². The lowest BCUT2D eigenvalue weighted by atomic mass is 9.67. The summed E-state index contributed by atoms with van der Waals surface area (Å²) in [7, 11) is -3.64. The maximum atomic E-state index is 13.0. The number of rotatable bonds is 2. The fraction of sp³-hybridized carbons (Fsp3) is 0.923. The van der Waals surface area contributed by atoms with E-state index in [4.69, 9.17) is 5.14 Å². The third kappa shape index (κ3) is 2.69. The van der Waals surface area contributed by atoms with Gasteiger partial charge in [0.2, 0.25) is 5.91 Å². The molecule has 0 spiro atoms. The third-order valence-corrected chi connectivity index (χ3v) is 6.43. The molecule has 0 unspecified atom stereocenters. The fourth-order valence-electron chi connectivity index (χ4n) is 4.13. The molecule has 3 rings (SSSR count). The molecule has 120 valence electrons. The van der Waals surface area contributed by atoms with E-state index in [1.807, 2.05) is 4.90 Å². The largest absolute Gasteiger partial charge is 0.340 e. The molecule has 0 aromatic carbocycles. The van der Waals surface area contributed by atoms with Crippen molar-refractivity contribution >= 4 is 16.1 Å². The van der Waals surface area contributed by atoms with E-state index in [9.17, 15) is 13.2 Å². The van der Waals surface area contributed by atoms with E-state index in [1.54, 1.807) is 0 Å². The Morgan fingerprint density at radius 1 is 1.19 bits per heavy atom. The van der Waals surface area contributed by atoms with Crippen molar-refractivity contribution in [2.45, 2.75) is 25.7 Å². The molecular weight excluding hydrogens is 292 g/mol. The van der Waals surface area contributed by atoms with Gasteiger partial charge in [-0.1, -0.05) is 12.8 Å². The molecular formula is C13H24N4O3S. The van der Waals surface area contributed by atoms with Gasteiger partial charge in [-0.2, -0.15) is 12.7 Å². The number of piperazine rings is 1. The quantitative estimate of drug-likeness (QED) is 0.691. The second-order valence-corrected chi connectivity index (χ2v) is 8.01. The lowest BCUT2D eigenvalue weighted by molar-refractivity contribution is -0.146. The van der Waals surface area contributed by atoms with E-state index in [-0.39, 0.29) is 11.3 Å². The van der Waals surface area contributed by atoms with Gasteiger partial charge in [0, 0.05) is 32.7 Å². The summed E-state index contributed by atoms with van der Waals surface area (Å²) in [4.78, 5) is 14.8. The molecule has 8 heteroatoms. The molecule has 2 heterocycles. The van der Waals surface area contributed by atoms with Crippen molar-refractivity contribution in [2.24, 2.45) is 16.5 Å². The second kappa shape index (κ2) is 5.49. The van der Waals surface area contributed by atoms with Gasteiger partial charge in [0.05, 0.1) is 5.41 Å². The van der Waals surface area contributed by atoms with Crippen LogP contribution in [0.2, 0.25) is 0 Å². The van der Waals surface area contributed by atoms with Crippen LogP contribution in [0.4, 0.5) is 0 Å². The summed E-state index contributed by atoms with van der Waals surface area (Å²) in [6, 6.07) is 0. The highest BCUT2D eigenvalue weighted by molar-refractivity contribution is 7.86. The molecule has 0 aromatic rings. The molecule has 3 fully saturated rings. The number of amides is 1. The number of nitrogens with zero attached hydrogens (tertiary/aromatic N) is 2. The zero-order chi connectivity index (χ0) is 15.1. The zero-order valence-electron chi connectivity index (χ0n) is 12.3. The first kappa shape index (κ1) is 15.2. The Balaban J connectivity index is 1.69. The lowest BCUT2D eigenvalue weighted by Crippen LogP contribution is -2.57. The Kier molecular flexibility index (Phi) is 3.98. The summed E-state index contributed by atoms with van der Waals surface area (Å²) in [6.07, 6.45) is 4.40. The highest BCUT2D eigenvalue weighted by Crippen LogP contribution is 2.45. The van der Waals surface area contributed by atoms with Crippen molar-refractivity contribution in [1.82, 2.24) is 14.5 Å². The average molecular weight is 316 g/mol. The van der Waals surface area contributed by atoms with Crippen LogP contribution in [0.15, 0.2) is 0 Å². The fourth-order valence-corrected chi connectivity index (χ4v) is 4.80. The summed E-state index contributed by atoms with van der Waals surface area (Å²) >= 11 is 0. The zero-order valence-corrected chi connectivity index (χ0v) is 13.1. The van der Waals surface area contributed by atoms with Crippen molar-refractivity contribution in [2.75, 3.05) is 39.3 Å². The lowest BCUT2D eigenvalue weighted by Gasteiger charge is -2.43. The standard InChI is InChI=1S/C13H24N4O3S/c14-21(19,20)17-7-5-16(6-8-17)12(18)13-4-2-1-3-11(13)9-15-10-13/h11,15H,1-10H2,(H2,14,19,20)/t11-,13+/m0/s1. The van der Waals surface area contributed by atoms with Crippen molar-refractivity contribution in [3.8, 4) is 0 Å². The molecule has 3 N–H and O–H groups in total. The van der Waals surface area contributed by atoms with Crippen LogP contribution in [0.1, 0.15) is 25.7 Å². The minimum atomic E-state index is -3.64. The maximum Gasteiger partial charge on any atom is 0.277 e. The van der Waals surface area contributed by atoms with Crippen LogP contribution in [-0.4, -0.2) is 62.8 Å². The number of nitrogens with one attached hydrogen (secondary N) is 1. The van der Waals surface area contributed by atoms with Crippen molar-refractivity contribution in [3.63, 3.8) is 0 Å². The summed E-state index contributed by atoms with van der Waals surface area (Å²) in [6.45, 7) is 3.21. The number of fused-ring (bicyclic) bond motifs is 1. The van der Waals surface area contributed by atoms with Gasteiger partial charge < -0.3 is 10.2 Å². The number of carbonyl (C=O) groups excluding carboxylic acids is 1. The van der Waals surface area contributed by atoms with Gasteiger partial charge in [-0.3, -0.25) is 4.79 Å². The van der Waals surface area contributed by atoms with Gasteiger partial charge in [0.1, 0.15) is 0 Å². The van der Waals surface area contributed by atoms with Crippen molar-refractivity contribution in [1.29, 1.82) is 0 Å². The van der Waals surface area contributed by atoms with Crippen LogP contribution < -0.4 is 10.5 Å². The molecule has 2 saturated heterocycles. The van der Waals surface area contributed by atoms with E-state index >= 15 is 0 Å². The third-order valence-electron chi connectivity index (χ3n) is 5.35. The van der Waals surface area contributed by atoms with Crippen molar-refractivity contribution in [3.05, 3.63) is 0 Å². The summed E-state index contributed by atoms with van der Waals surface area (Å²) < 4.78 is 23.9. The Morgan fingerprint density at radius 3 is 2.57 bits per heavy atom. The molecule has 21 heavy (non-hydrogen) atoms. The predicted octanol–water partition coefficient (Wildman–Crippen LogP) is -0.886. The Bertz CT molecular complexity index is 516. The molecule has 1 aliphatic carbocycles. The smallest absolute Gasteiger partial charge is 0.277 e. The van der Waals surface area contributed by atoms with E-state index in [0.717, 1.165) is 32.4 Å². The molecule has 0 radical (unpaired) electrons. The van der Waals surface area contributed by atoms with Gasteiger partial charge in [0.25, 0.3) is 10.2 Å². The van der Waals surface area contributed by atoms with E-state index < -0.39 is 10.2 Å². The van der Waals surface area contributed by atoms with Crippen molar-refractivity contribution < 1.29 is 13.2 Å². The second-order valence-electron chi connectivity index (χ2n) is 6.47. The minimum absolute atomic E-state index is 0.214. The summed E-state index contributed by atoms with van der Waals surface area (Å²) in [5, 5.41) is 8.53. The van der Waals surface area contributed by atoms with Gasteiger partial charge in [-0.25, -0.2) is 5.14 Å². The number of nitrogens with two attached hydrogens (primary N) is 1. The predicted molar refractivity (Wildman–Crippen MR) is 78.5 cm³/mol. The maximum absolute atomic E-state index is 13.0. The Labute approximate surface area is 126 Å². The molecule has 3 aliphatic rings. The van der Waals surface area contributed by atoms with Crippen LogP contribution in [0, 0.1) is 11.3 Å². The van der Waals surface area contributed by atoms with Gasteiger partial charge >= 0.3 is 0 Å². The van der Waals surface area contributed by atoms with Crippen LogP contribution in [0.5, 0.6) is 0 Å². The van der Waals surface area contributed by atoms with Crippen LogP contribution in [0.3, 0.4) is 0 Å². The molecule has 1 saturated carbocycles. The summed E-state index contributed by atoms with van der Waals surface area (Å²) in [5.41, 5.74) is -0.248. The summed E-state index contributed by atoms with van der Waals surface area (Å²) in [5.74, 6) is 0.654. The Hall–Kier alpha value is -0.700. The van der Waals surface area contributed by atoms with Gasteiger partial charge in [0.15, 0.2) is 0 Å². The van der Waals surface area contributed by atoms with E-state index in [1.165, 1.54) is 10.7 Å². The van der Waals surface area contributed by atoms with Crippen LogP contribution in [-0.2, 0) is 15.0 Å². The number of hydrogen-bond donors (Lipinski definition) is 2. The molecule has 0 bridgehead atoms. The highest BCUT2D eigenvalue weighted by atomic mass is 32.2. The first-order valence-electron chi connectivity index (χ1n) is 7.71. The van der Waals surface area contributed by atoms with E-state index in [2.05, 4.69) is 5.32 Å². The van der Waals surface area contributed by atoms with Gasteiger partial charge in [-0.15, -0.1) is 0 Å². The first-order valence-corrected chi connectivity index (χ1v) is 9.22. The van der Waals surface area contributed by atoms with Crippen LogP contribution in [0.25, 0.3) is 0 Å². The first-order chi connectivity index (χ1) is 9.93. The highest BCUT2D eigenvalue weighted by Gasteiger charge is 2.51. The molecule has 2 aliphatic heterocycles.